The molecule has 1 aromatic carbocycles. The van der Waals surface area contributed by atoms with Crippen molar-refractivity contribution in [3.63, 3.8) is 0 Å². The van der Waals surface area contributed by atoms with E-state index >= 15 is 0 Å². The van der Waals surface area contributed by atoms with E-state index in [-0.39, 0.29) is 6.61 Å². The van der Waals surface area contributed by atoms with Gasteiger partial charge in [-0.2, -0.15) is 0 Å². The number of nitrogens with zero attached hydrogens (tertiary/aromatic N) is 2. The smallest absolute Gasteiger partial charge is 0.339 e. The van der Waals surface area contributed by atoms with Gasteiger partial charge in [0.1, 0.15) is 5.82 Å². The monoisotopic (exact) mass is 260 g/mol. The van der Waals surface area contributed by atoms with Gasteiger partial charge in [-0.15, -0.1) is 0 Å². The Morgan fingerprint density at radius 3 is 3.21 bits per heavy atom. The van der Waals surface area contributed by atoms with Crippen LogP contribution < -0.4 is 0 Å². The van der Waals surface area contributed by atoms with Gasteiger partial charge < -0.3 is 14.4 Å². The van der Waals surface area contributed by atoms with E-state index < -0.39 is 12.1 Å². The van der Waals surface area contributed by atoms with E-state index in [2.05, 4.69) is 9.55 Å². The van der Waals surface area contributed by atoms with Gasteiger partial charge in [0.05, 0.1) is 17.6 Å². The molecule has 1 N–H and O–H groups in total. The van der Waals surface area contributed by atoms with Crippen LogP contribution in [-0.4, -0.2) is 27.2 Å². The maximum atomic E-state index is 11.6. The first kappa shape index (κ1) is 12.2. The van der Waals surface area contributed by atoms with Crippen molar-refractivity contribution >= 4 is 17.0 Å². The maximum absolute atomic E-state index is 11.6. The highest BCUT2D eigenvalue weighted by Crippen LogP contribution is 2.26. The molecule has 5 heteroatoms. The molecular weight excluding hydrogens is 244 g/mol. The number of carbonyl (C=O) groups excluding carboxylic acids is 1. The number of imidazole rings is 1. The Labute approximate surface area is 110 Å². The van der Waals surface area contributed by atoms with E-state index in [1.165, 1.54) is 0 Å². The second-order valence-electron chi connectivity index (χ2n) is 4.69. The quantitative estimate of drug-likeness (QED) is 0.851. The summed E-state index contributed by atoms with van der Waals surface area (Å²) in [6.07, 6.45) is 0.866. The summed E-state index contributed by atoms with van der Waals surface area (Å²) in [5.41, 5.74) is 2.45. The van der Waals surface area contributed by atoms with Crippen LogP contribution in [0.2, 0.25) is 0 Å². The fourth-order valence-corrected chi connectivity index (χ4v) is 2.55. The minimum Gasteiger partial charge on any atom is -0.464 e. The third-order valence-electron chi connectivity index (χ3n) is 3.46. The Hall–Kier alpha value is -1.88. The van der Waals surface area contributed by atoms with Crippen LogP contribution in [-0.2, 0) is 22.5 Å². The number of carbonyl (C=O) groups is 1. The molecule has 1 aliphatic heterocycles. The zero-order chi connectivity index (χ0) is 13.4. The molecule has 19 heavy (non-hydrogen) atoms. The molecule has 0 saturated carbocycles. The second-order valence-corrected chi connectivity index (χ2v) is 4.69. The zero-order valence-corrected chi connectivity index (χ0v) is 10.8. The molecule has 0 bridgehead atoms. The van der Waals surface area contributed by atoms with E-state index in [9.17, 15) is 9.90 Å². The van der Waals surface area contributed by atoms with Gasteiger partial charge in [-0.1, -0.05) is 6.07 Å². The average Bonchev–Trinajstić information content (AvgIpc) is 2.98. The number of benzene rings is 1. The number of aliphatic hydroxyl groups excluding tert-OH is 1. The van der Waals surface area contributed by atoms with Crippen molar-refractivity contribution in [3.8, 4) is 0 Å². The largest absolute Gasteiger partial charge is 0.464 e. The normalized spacial score (nSPS) is 15.5. The number of rotatable bonds is 3. The number of aromatic nitrogens is 2. The maximum Gasteiger partial charge on any atom is 0.339 e. The molecule has 2 aromatic rings. The number of ether oxygens (including phenoxy) is 1. The summed E-state index contributed by atoms with van der Waals surface area (Å²) in [6.45, 7) is 2.93. The molecule has 0 amide bonds. The van der Waals surface area contributed by atoms with Gasteiger partial charge in [-0.05, 0) is 31.0 Å². The first-order valence-electron chi connectivity index (χ1n) is 6.54. The number of hydrogen-bond donors (Lipinski definition) is 1. The van der Waals surface area contributed by atoms with Gasteiger partial charge in [0, 0.05) is 13.0 Å². The van der Waals surface area contributed by atoms with Crippen LogP contribution >= 0.6 is 0 Å². The predicted molar refractivity (Wildman–Crippen MR) is 69.6 cm³/mol. The summed E-state index contributed by atoms with van der Waals surface area (Å²) in [5.74, 6) is 0.473. The molecule has 1 aromatic heterocycles. The minimum atomic E-state index is -1.23. The van der Waals surface area contributed by atoms with Crippen LogP contribution in [0.4, 0.5) is 0 Å². The van der Waals surface area contributed by atoms with Gasteiger partial charge in [-0.25, -0.2) is 9.78 Å². The first-order chi connectivity index (χ1) is 9.20. The van der Waals surface area contributed by atoms with Gasteiger partial charge >= 0.3 is 5.97 Å². The molecule has 0 radical (unpaired) electrons. The lowest BCUT2D eigenvalue weighted by Gasteiger charge is -2.10. The van der Waals surface area contributed by atoms with Crippen molar-refractivity contribution in [3.05, 3.63) is 29.6 Å². The van der Waals surface area contributed by atoms with Crippen molar-refractivity contribution in [1.82, 2.24) is 9.55 Å². The lowest BCUT2D eigenvalue weighted by molar-refractivity contribution is -0.153. The fraction of sp³-hybridized carbons (Fsp3) is 0.429. The summed E-state index contributed by atoms with van der Waals surface area (Å²) >= 11 is 0. The summed E-state index contributed by atoms with van der Waals surface area (Å²) in [4.78, 5) is 16.1. The van der Waals surface area contributed by atoms with Crippen LogP contribution in [0.25, 0.3) is 11.0 Å². The minimum absolute atomic E-state index is 0.264. The van der Waals surface area contributed by atoms with E-state index in [1.807, 2.05) is 12.1 Å². The summed E-state index contributed by atoms with van der Waals surface area (Å²) in [7, 11) is 0. The fourth-order valence-electron chi connectivity index (χ4n) is 2.55. The van der Waals surface area contributed by atoms with Crippen LogP contribution in [0.15, 0.2) is 18.2 Å². The molecular formula is C14H16N2O3. The number of esters is 1. The van der Waals surface area contributed by atoms with Crippen molar-refractivity contribution in [2.45, 2.75) is 32.4 Å². The zero-order valence-electron chi connectivity index (χ0n) is 10.8. The van der Waals surface area contributed by atoms with Crippen molar-refractivity contribution in [2.24, 2.45) is 0 Å². The highest BCUT2D eigenvalue weighted by molar-refractivity contribution is 5.81. The lowest BCUT2D eigenvalue weighted by Crippen LogP contribution is -2.15. The third kappa shape index (κ3) is 2.00. The van der Waals surface area contributed by atoms with E-state index in [4.69, 9.17) is 4.74 Å². The molecule has 1 aliphatic rings. The Morgan fingerprint density at radius 2 is 2.42 bits per heavy atom. The molecule has 0 fully saturated rings. The van der Waals surface area contributed by atoms with Crippen LogP contribution in [0.5, 0.6) is 0 Å². The van der Waals surface area contributed by atoms with Gasteiger partial charge in [-0.3, -0.25) is 0 Å². The Bertz CT molecular complexity index is 633. The highest BCUT2D eigenvalue weighted by Gasteiger charge is 2.21. The Morgan fingerprint density at radius 1 is 1.58 bits per heavy atom. The standard InChI is InChI=1S/C14H16N2O3/c1-2-19-14(18)13(17)9-5-6-10-11(8-9)16-7-3-4-12(16)15-10/h5-6,8,13,17H,2-4,7H2,1H3. The van der Waals surface area contributed by atoms with Gasteiger partial charge in [0.2, 0.25) is 0 Å². The molecule has 2 heterocycles. The van der Waals surface area contributed by atoms with E-state index in [1.54, 1.807) is 13.0 Å². The van der Waals surface area contributed by atoms with Gasteiger partial charge in [0.25, 0.3) is 0 Å². The van der Waals surface area contributed by atoms with Crippen molar-refractivity contribution in [1.29, 1.82) is 0 Å². The SMILES string of the molecule is CCOC(=O)C(O)c1ccc2nc3n(c2c1)CCC3. The predicted octanol–water partition coefficient (Wildman–Crippen LogP) is 1.58. The van der Waals surface area contributed by atoms with Crippen molar-refractivity contribution in [2.75, 3.05) is 6.61 Å². The second kappa shape index (κ2) is 4.66. The lowest BCUT2D eigenvalue weighted by atomic mass is 10.1. The summed E-state index contributed by atoms with van der Waals surface area (Å²) < 4.78 is 6.98. The molecule has 0 aliphatic carbocycles. The first-order valence-corrected chi connectivity index (χ1v) is 6.54. The number of fused-ring (bicyclic) bond motifs is 3. The Balaban J connectivity index is 1.99. The average molecular weight is 260 g/mol. The van der Waals surface area contributed by atoms with Crippen molar-refractivity contribution < 1.29 is 14.6 Å². The van der Waals surface area contributed by atoms with E-state index in [0.29, 0.717) is 5.56 Å². The highest BCUT2D eigenvalue weighted by atomic mass is 16.5. The molecule has 0 saturated heterocycles. The summed E-state index contributed by atoms with van der Waals surface area (Å²) in [6, 6.07) is 5.41. The van der Waals surface area contributed by atoms with Crippen LogP contribution in [0, 0.1) is 0 Å². The third-order valence-corrected chi connectivity index (χ3v) is 3.46. The number of aliphatic hydroxyl groups is 1. The Kier molecular flexibility index (Phi) is 2.98. The molecule has 5 nitrogen and oxygen atoms in total. The van der Waals surface area contributed by atoms with E-state index in [0.717, 1.165) is 36.2 Å². The molecule has 3 rings (SSSR count). The van der Waals surface area contributed by atoms with Gasteiger partial charge in [0.15, 0.2) is 6.10 Å². The molecule has 1 unspecified atom stereocenters. The number of aryl methyl sites for hydroxylation is 2. The topological polar surface area (TPSA) is 64.3 Å². The molecule has 100 valence electrons. The molecule has 1 atom stereocenters. The molecule has 0 spiro atoms. The van der Waals surface area contributed by atoms with Crippen LogP contribution in [0.1, 0.15) is 30.8 Å². The summed E-state index contributed by atoms with van der Waals surface area (Å²) in [5, 5.41) is 9.96. The number of hydrogen-bond acceptors (Lipinski definition) is 4. The van der Waals surface area contributed by atoms with Crippen LogP contribution in [0.3, 0.4) is 0 Å².